The van der Waals surface area contributed by atoms with Crippen LogP contribution in [-0.4, -0.2) is 4.98 Å². The Labute approximate surface area is 195 Å². The molecular formula is C13H9BrF2NNa2O3PS. The molecule has 0 N–H and O–H groups in total. The van der Waals surface area contributed by atoms with Crippen molar-refractivity contribution in [2.24, 2.45) is 0 Å². The van der Waals surface area contributed by atoms with Gasteiger partial charge in [-0.05, 0) is 23.8 Å². The Hall–Kier alpha value is 1.21. The fourth-order valence-corrected chi connectivity index (χ4v) is 3.78. The topological polar surface area (TPSA) is 76.1 Å². The van der Waals surface area contributed by atoms with Gasteiger partial charge in [-0.25, -0.2) is 0 Å². The summed E-state index contributed by atoms with van der Waals surface area (Å²) in [5, 5.41) is 0. The van der Waals surface area contributed by atoms with Gasteiger partial charge in [0, 0.05) is 40.7 Å². The molecule has 24 heavy (non-hydrogen) atoms. The molecule has 0 radical (unpaired) electrons. The third-order valence-electron chi connectivity index (χ3n) is 2.74. The van der Waals surface area contributed by atoms with Crippen molar-refractivity contribution in [2.45, 2.75) is 16.3 Å². The van der Waals surface area contributed by atoms with Crippen LogP contribution in [0.1, 0.15) is 11.1 Å². The molecule has 2 rings (SSSR count). The zero-order valence-electron chi connectivity index (χ0n) is 12.9. The zero-order chi connectivity index (χ0) is 16.4. The first kappa shape index (κ1) is 25.2. The molecule has 0 aliphatic carbocycles. The number of pyridine rings is 1. The number of thioether (sulfide) groups is 1. The van der Waals surface area contributed by atoms with Crippen LogP contribution in [0, 0.1) is 0 Å². The average molecular weight is 454 g/mol. The summed E-state index contributed by atoms with van der Waals surface area (Å²) in [7, 11) is -6.07. The molecule has 0 aliphatic heterocycles. The minimum atomic E-state index is -6.07. The summed E-state index contributed by atoms with van der Waals surface area (Å²) in [6.45, 7) is 0. The van der Waals surface area contributed by atoms with Gasteiger partial charge in [0.2, 0.25) is 0 Å². The Morgan fingerprint density at radius 1 is 1.25 bits per heavy atom. The van der Waals surface area contributed by atoms with Crippen molar-refractivity contribution < 1.29 is 82.2 Å². The summed E-state index contributed by atoms with van der Waals surface area (Å²) in [6.07, 6.45) is 3.31. The first-order chi connectivity index (χ1) is 10.2. The summed E-state index contributed by atoms with van der Waals surface area (Å²) < 4.78 is 37.7. The second-order valence-corrected chi connectivity index (χ2v) is 7.79. The van der Waals surface area contributed by atoms with E-state index in [1.807, 2.05) is 6.07 Å². The minimum absolute atomic E-state index is 0. The van der Waals surface area contributed by atoms with Crippen LogP contribution in [0.5, 0.6) is 0 Å². The first-order valence-electron chi connectivity index (χ1n) is 5.93. The number of aromatic nitrogens is 1. The van der Waals surface area contributed by atoms with Crippen LogP contribution in [0.15, 0.2) is 52.1 Å². The van der Waals surface area contributed by atoms with Crippen LogP contribution >= 0.6 is 35.3 Å². The number of hydrogen-bond donors (Lipinski definition) is 0. The summed E-state index contributed by atoms with van der Waals surface area (Å²) in [5.74, 6) is 0.489. The number of alkyl halides is 2. The van der Waals surface area contributed by atoms with Crippen LogP contribution in [0.4, 0.5) is 8.78 Å². The van der Waals surface area contributed by atoms with E-state index in [1.165, 1.54) is 23.9 Å². The summed E-state index contributed by atoms with van der Waals surface area (Å²) in [6, 6.07) is 7.34. The van der Waals surface area contributed by atoms with Crippen LogP contribution < -0.4 is 68.9 Å². The van der Waals surface area contributed by atoms with E-state index >= 15 is 0 Å². The number of benzene rings is 1. The van der Waals surface area contributed by atoms with E-state index in [0.717, 1.165) is 11.0 Å². The van der Waals surface area contributed by atoms with Crippen LogP contribution in [0.2, 0.25) is 0 Å². The van der Waals surface area contributed by atoms with Crippen molar-refractivity contribution in [3.8, 4) is 0 Å². The van der Waals surface area contributed by atoms with Gasteiger partial charge in [-0.3, -0.25) is 4.98 Å². The van der Waals surface area contributed by atoms with Crippen molar-refractivity contribution >= 4 is 35.3 Å². The summed E-state index contributed by atoms with van der Waals surface area (Å²) in [4.78, 5) is 26.3. The van der Waals surface area contributed by atoms with Gasteiger partial charge >= 0.3 is 59.1 Å². The van der Waals surface area contributed by atoms with Gasteiger partial charge in [-0.1, -0.05) is 28.1 Å². The standard InChI is InChI=1S/C13H11BrF2NO3PS.2Na/c14-12-6-9(8-22-10-2-1-5-17-7-10)3-4-11(12)13(15,16)21(18,19)20;;/h1-7H,8H2,(H2,18,19,20);;/q;2*+1/p-2. The molecule has 0 saturated carbocycles. The molecule has 0 bridgehead atoms. The molecule has 118 valence electrons. The third-order valence-corrected chi connectivity index (χ3v) is 5.38. The zero-order valence-corrected chi connectivity index (χ0v) is 20.2. The Morgan fingerprint density at radius 2 is 1.92 bits per heavy atom. The number of rotatable bonds is 5. The molecular weight excluding hydrogens is 445 g/mol. The van der Waals surface area contributed by atoms with Gasteiger partial charge in [0.25, 0.3) is 5.66 Å². The van der Waals surface area contributed by atoms with Gasteiger partial charge < -0.3 is 14.4 Å². The Morgan fingerprint density at radius 3 is 2.42 bits per heavy atom. The Balaban J connectivity index is 0.00000264. The number of nitrogens with zero attached hydrogens (tertiary/aromatic N) is 1. The van der Waals surface area contributed by atoms with Crippen molar-refractivity contribution in [2.75, 3.05) is 0 Å². The molecule has 11 heteroatoms. The number of halogens is 3. The molecule has 0 fully saturated rings. The summed E-state index contributed by atoms with van der Waals surface area (Å²) in [5.41, 5.74) is -4.59. The molecule has 2 aromatic rings. The van der Waals surface area contributed by atoms with Crippen LogP contribution in [-0.2, 0) is 16.0 Å². The molecule has 0 atom stereocenters. The average Bonchev–Trinajstić information content (AvgIpc) is 2.45. The van der Waals surface area contributed by atoms with Crippen LogP contribution in [0.3, 0.4) is 0 Å². The maximum absolute atomic E-state index is 13.6. The second-order valence-electron chi connectivity index (χ2n) is 4.33. The van der Waals surface area contributed by atoms with Gasteiger partial charge in [0.1, 0.15) is 0 Å². The SMILES string of the molecule is O=P([O-])([O-])C(F)(F)c1ccc(CSc2cccnc2)cc1Br.[Na+].[Na+]. The third kappa shape index (κ3) is 6.43. The van der Waals surface area contributed by atoms with E-state index in [0.29, 0.717) is 11.3 Å². The predicted molar refractivity (Wildman–Crippen MR) is 79.4 cm³/mol. The van der Waals surface area contributed by atoms with E-state index in [1.54, 1.807) is 18.5 Å². The fraction of sp³-hybridized carbons (Fsp3) is 0.154. The molecule has 4 nitrogen and oxygen atoms in total. The molecule has 1 heterocycles. The van der Waals surface area contributed by atoms with E-state index in [-0.39, 0.29) is 63.6 Å². The summed E-state index contributed by atoms with van der Waals surface area (Å²) >= 11 is 4.35. The van der Waals surface area contributed by atoms with Gasteiger partial charge in [-0.15, -0.1) is 11.8 Å². The normalized spacial score (nSPS) is 11.4. The van der Waals surface area contributed by atoms with Crippen molar-refractivity contribution in [1.82, 2.24) is 4.98 Å². The minimum Gasteiger partial charge on any atom is -0.806 e. The van der Waals surface area contributed by atoms with Crippen molar-refractivity contribution in [1.29, 1.82) is 0 Å². The predicted octanol–water partition coefficient (Wildman–Crippen LogP) is -2.89. The molecule has 0 unspecified atom stereocenters. The molecule has 0 spiro atoms. The monoisotopic (exact) mass is 453 g/mol. The van der Waals surface area contributed by atoms with Crippen molar-refractivity contribution in [3.05, 3.63) is 58.3 Å². The Kier molecular flexibility index (Phi) is 11.1. The van der Waals surface area contributed by atoms with Crippen molar-refractivity contribution in [3.63, 3.8) is 0 Å². The van der Waals surface area contributed by atoms with Gasteiger partial charge in [-0.2, -0.15) is 8.78 Å². The van der Waals surface area contributed by atoms with Crippen LogP contribution in [0.25, 0.3) is 0 Å². The van der Waals surface area contributed by atoms with Gasteiger partial charge in [0.05, 0.1) is 0 Å². The largest absolute Gasteiger partial charge is 1.00 e. The Bertz CT molecular complexity index is 722. The molecule has 0 saturated heterocycles. The fourth-order valence-electron chi connectivity index (χ4n) is 1.64. The quantitative estimate of drug-likeness (QED) is 0.276. The van der Waals surface area contributed by atoms with E-state index in [4.69, 9.17) is 0 Å². The molecule has 0 aliphatic rings. The van der Waals surface area contributed by atoms with Gasteiger partial charge in [0.15, 0.2) is 0 Å². The maximum atomic E-state index is 13.6. The molecule has 0 amide bonds. The number of hydrogen-bond acceptors (Lipinski definition) is 5. The maximum Gasteiger partial charge on any atom is 1.00 e. The van der Waals surface area contributed by atoms with E-state index in [9.17, 15) is 23.1 Å². The van der Waals surface area contributed by atoms with E-state index < -0.39 is 18.8 Å². The molecule has 1 aromatic heterocycles. The second kappa shape index (κ2) is 10.5. The first-order valence-corrected chi connectivity index (χ1v) is 9.25. The smallest absolute Gasteiger partial charge is 0.806 e. The van der Waals surface area contributed by atoms with E-state index in [2.05, 4.69) is 20.9 Å². The molecule has 1 aromatic carbocycles.